The molecule has 0 aliphatic heterocycles. The summed E-state index contributed by atoms with van der Waals surface area (Å²) in [6.45, 7) is 2.62. The van der Waals surface area contributed by atoms with Crippen molar-refractivity contribution >= 4 is 5.82 Å². The summed E-state index contributed by atoms with van der Waals surface area (Å²) in [5, 5.41) is 0. The van der Waals surface area contributed by atoms with Gasteiger partial charge < -0.3 is 10.5 Å². The maximum absolute atomic E-state index is 5.99. The zero-order chi connectivity index (χ0) is 16.1. The molecule has 0 saturated heterocycles. The van der Waals surface area contributed by atoms with E-state index in [1.165, 1.54) is 0 Å². The molecule has 4 heteroatoms. The summed E-state index contributed by atoms with van der Waals surface area (Å²) < 4.78 is 5.46. The lowest BCUT2D eigenvalue weighted by Gasteiger charge is -2.08. The van der Waals surface area contributed by atoms with Crippen LogP contribution in [0, 0.1) is 0 Å². The van der Waals surface area contributed by atoms with E-state index < -0.39 is 0 Å². The highest BCUT2D eigenvalue weighted by atomic mass is 16.5. The molecule has 0 bridgehead atoms. The molecule has 0 unspecified atom stereocenters. The molecule has 0 saturated carbocycles. The minimum Gasteiger partial charge on any atom is -0.494 e. The van der Waals surface area contributed by atoms with Crippen LogP contribution in [0.5, 0.6) is 5.75 Å². The number of benzene rings is 2. The van der Waals surface area contributed by atoms with E-state index >= 15 is 0 Å². The Morgan fingerprint density at radius 2 is 1.74 bits per heavy atom. The van der Waals surface area contributed by atoms with Crippen LogP contribution < -0.4 is 10.5 Å². The lowest BCUT2D eigenvalue weighted by molar-refractivity contribution is 0.340. The Labute approximate surface area is 136 Å². The van der Waals surface area contributed by atoms with E-state index in [1.807, 2.05) is 49.4 Å². The number of nitrogen functional groups attached to an aromatic ring is 1. The number of ether oxygens (including phenoxy) is 1. The van der Waals surface area contributed by atoms with Crippen molar-refractivity contribution in [3.63, 3.8) is 0 Å². The Morgan fingerprint density at radius 1 is 1.00 bits per heavy atom. The summed E-state index contributed by atoms with van der Waals surface area (Å²) in [6, 6.07) is 18.0. The summed E-state index contributed by atoms with van der Waals surface area (Å²) in [7, 11) is 0. The second-order valence-electron chi connectivity index (χ2n) is 5.21. The van der Waals surface area contributed by atoms with Crippen molar-refractivity contribution < 1.29 is 4.74 Å². The molecular weight excluding hydrogens is 286 g/mol. The zero-order valence-electron chi connectivity index (χ0n) is 13.1. The van der Waals surface area contributed by atoms with Crippen molar-refractivity contribution in [1.29, 1.82) is 0 Å². The fraction of sp³-hybridized carbons (Fsp3) is 0.158. The highest BCUT2D eigenvalue weighted by molar-refractivity contribution is 5.60. The van der Waals surface area contributed by atoms with Gasteiger partial charge in [-0.25, -0.2) is 9.97 Å². The lowest BCUT2D eigenvalue weighted by atomic mass is 10.1. The van der Waals surface area contributed by atoms with E-state index in [-0.39, 0.29) is 0 Å². The van der Waals surface area contributed by atoms with Crippen molar-refractivity contribution in [2.75, 3.05) is 12.3 Å². The van der Waals surface area contributed by atoms with Crippen LogP contribution in [-0.4, -0.2) is 16.6 Å². The minimum absolute atomic E-state index is 0.475. The monoisotopic (exact) mass is 305 g/mol. The topological polar surface area (TPSA) is 61.0 Å². The Bertz CT molecular complexity index is 770. The van der Waals surface area contributed by atoms with E-state index in [1.54, 1.807) is 6.20 Å². The van der Waals surface area contributed by atoms with Gasteiger partial charge in [0.25, 0.3) is 0 Å². The number of nitrogens with zero attached hydrogens (tertiary/aromatic N) is 2. The van der Waals surface area contributed by atoms with E-state index in [2.05, 4.69) is 22.1 Å². The number of hydrogen-bond donors (Lipinski definition) is 1. The van der Waals surface area contributed by atoms with Crippen LogP contribution in [-0.2, 0) is 6.42 Å². The highest BCUT2D eigenvalue weighted by Crippen LogP contribution is 2.22. The molecule has 0 aliphatic carbocycles. The van der Waals surface area contributed by atoms with Gasteiger partial charge in [0.1, 0.15) is 11.6 Å². The fourth-order valence-electron chi connectivity index (χ4n) is 2.38. The third-order valence-corrected chi connectivity index (χ3v) is 3.55. The first-order valence-electron chi connectivity index (χ1n) is 7.65. The first kappa shape index (κ1) is 15.0. The van der Waals surface area contributed by atoms with Crippen molar-refractivity contribution in [3.05, 3.63) is 72.1 Å². The van der Waals surface area contributed by atoms with Gasteiger partial charge in [0.2, 0.25) is 0 Å². The molecule has 4 nitrogen and oxygen atoms in total. The first-order valence-corrected chi connectivity index (χ1v) is 7.65. The normalized spacial score (nSPS) is 10.5. The third-order valence-electron chi connectivity index (χ3n) is 3.55. The predicted octanol–water partition coefficient (Wildman–Crippen LogP) is 3.72. The Kier molecular flexibility index (Phi) is 4.52. The summed E-state index contributed by atoms with van der Waals surface area (Å²) in [6.07, 6.45) is 2.38. The number of hydrogen-bond acceptors (Lipinski definition) is 4. The second-order valence-corrected chi connectivity index (χ2v) is 5.21. The molecule has 1 aromatic heterocycles. The Balaban J connectivity index is 1.87. The van der Waals surface area contributed by atoms with Gasteiger partial charge in [-0.1, -0.05) is 30.3 Å². The van der Waals surface area contributed by atoms with Gasteiger partial charge in [-0.3, -0.25) is 0 Å². The van der Waals surface area contributed by atoms with Gasteiger partial charge >= 0.3 is 0 Å². The van der Waals surface area contributed by atoms with Crippen LogP contribution in [0.15, 0.2) is 60.8 Å². The fourth-order valence-corrected chi connectivity index (χ4v) is 2.38. The number of anilines is 1. The van der Waals surface area contributed by atoms with Crippen molar-refractivity contribution in [1.82, 2.24) is 9.97 Å². The maximum atomic E-state index is 5.99. The van der Waals surface area contributed by atoms with Crippen LogP contribution in [0.3, 0.4) is 0 Å². The van der Waals surface area contributed by atoms with Crippen molar-refractivity contribution in [2.45, 2.75) is 13.3 Å². The molecule has 0 amide bonds. The molecule has 0 fully saturated rings. The molecule has 0 radical (unpaired) electrons. The molecule has 116 valence electrons. The van der Waals surface area contributed by atoms with E-state index in [9.17, 15) is 0 Å². The van der Waals surface area contributed by atoms with E-state index in [0.717, 1.165) is 28.3 Å². The van der Waals surface area contributed by atoms with E-state index in [0.29, 0.717) is 18.8 Å². The van der Waals surface area contributed by atoms with Crippen molar-refractivity contribution in [2.24, 2.45) is 0 Å². The maximum Gasteiger partial charge on any atom is 0.145 e. The summed E-state index contributed by atoms with van der Waals surface area (Å²) >= 11 is 0. The lowest BCUT2D eigenvalue weighted by Crippen LogP contribution is -2.03. The smallest absolute Gasteiger partial charge is 0.145 e. The van der Waals surface area contributed by atoms with Crippen LogP contribution in [0.4, 0.5) is 5.82 Å². The number of rotatable bonds is 5. The summed E-state index contributed by atoms with van der Waals surface area (Å²) in [5.41, 5.74) is 9.75. The van der Waals surface area contributed by atoms with E-state index in [4.69, 9.17) is 10.5 Å². The van der Waals surface area contributed by atoms with Gasteiger partial charge in [-0.2, -0.15) is 0 Å². The van der Waals surface area contributed by atoms with Crippen LogP contribution >= 0.6 is 0 Å². The van der Waals surface area contributed by atoms with Gasteiger partial charge in [0.05, 0.1) is 24.2 Å². The molecule has 3 aromatic rings. The SMILES string of the molecule is CCOc1ccc(-c2cnc(N)c(Cc3ccccc3)n2)cc1. The first-order chi connectivity index (χ1) is 11.3. The highest BCUT2D eigenvalue weighted by Gasteiger charge is 2.08. The van der Waals surface area contributed by atoms with Gasteiger partial charge in [0, 0.05) is 12.0 Å². The third kappa shape index (κ3) is 3.66. The molecule has 2 N–H and O–H groups in total. The van der Waals surface area contributed by atoms with Crippen molar-refractivity contribution in [3.8, 4) is 17.0 Å². The minimum atomic E-state index is 0.475. The molecule has 3 rings (SSSR count). The zero-order valence-corrected chi connectivity index (χ0v) is 13.1. The molecule has 0 spiro atoms. The molecular formula is C19H19N3O. The second kappa shape index (κ2) is 6.92. The number of aromatic nitrogens is 2. The molecule has 0 aliphatic rings. The summed E-state index contributed by atoms with van der Waals surface area (Å²) in [5.74, 6) is 1.33. The average molecular weight is 305 g/mol. The largest absolute Gasteiger partial charge is 0.494 e. The molecule has 2 aromatic carbocycles. The summed E-state index contributed by atoms with van der Waals surface area (Å²) in [4.78, 5) is 8.98. The predicted molar refractivity (Wildman–Crippen MR) is 92.3 cm³/mol. The average Bonchev–Trinajstić information content (AvgIpc) is 2.59. The molecule has 23 heavy (non-hydrogen) atoms. The van der Waals surface area contributed by atoms with Crippen LogP contribution in [0.2, 0.25) is 0 Å². The van der Waals surface area contributed by atoms with Crippen LogP contribution in [0.25, 0.3) is 11.3 Å². The van der Waals surface area contributed by atoms with Gasteiger partial charge in [-0.05, 0) is 36.8 Å². The standard InChI is InChI=1S/C19H19N3O/c1-2-23-16-10-8-15(9-11-16)18-13-21-19(20)17(22-18)12-14-6-4-3-5-7-14/h3-11,13H,2,12H2,1H3,(H2,20,21). The number of nitrogens with two attached hydrogens (primary N) is 1. The Hall–Kier alpha value is -2.88. The molecule has 0 atom stereocenters. The van der Waals surface area contributed by atoms with Crippen LogP contribution in [0.1, 0.15) is 18.2 Å². The van der Waals surface area contributed by atoms with Gasteiger partial charge in [0.15, 0.2) is 0 Å². The van der Waals surface area contributed by atoms with Gasteiger partial charge in [-0.15, -0.1) is 0 Å². The molecule has 1 heterocycles. The Morgan fingerprint density at radius 3 is 2.43 bits per heavy atom. The quantitative estimate of drug-likeness (QED) is 0.780.